The van der Waals surface area contributed by atoms with Gasteiger partial charge in [-0.2, -0.15) is 0 Å². The minimum absolute atomic E-state index is 0.00650. The Balaban J connectivity index is 1.55. The maximum Gasteiger partial charge on any atom is 0.223 e. The van der Waals surface area contributed by atoms with Gasteiger partial charge in [-0.15, -0.1) is 0 Å². The second kappa shape index (κ2) is 4.60. The number of carbonyl (C=O) groups is 1. The van der Waals surface area contributed by atoms with Crippen molar-refractivity contribution in [3.05, 3.63) is 35.6 Å². The van der Waals surface area contributed by atoms with Crippen LogP contribution in [0.2, 0.25) is 0 Å². The largest absolute Gasteiger partial charge is 0.396 e. The van der Waals surface area contributed by atoms with E-state index in [4.69, 9.17) is 0 Å². The number of amides is 1. The van der Waals surface area contributed by atoms with Crippen molar-refractivity contribution in [3.63, 3.8) is 0 Å². The molecule has 2 unspecified atom stereocenters. The maximum atomic E-state index is 13.6. The van der Waals surface area contributed by atoms with Gasteiger partial charge in [-0.1, -0.05) is 18.2 Å². The lowest BCUT2D eigenvalue weighted by atomic mass is 10.1. The smallest absolute Gasteiger partial charge is 0.223 e. The standard InChI is InChI=1S/C15H18FNO2/c16-13-4-2-1-3-10(13)11-7-12(11)14(19)17-8-15(9-18)5-6-15/h1-4,11-12,18H,5-9H2,(H,17,19). The molecule has 2 N–H and O–H groups in total. The summed E-state index contributed by atoms with van der Waals surface area (Å²) in [7, 11) is 0. The molecule has 4 heteroatoms. The second-order valence-electron chi connectivity index (χ2n) is 5.85. The lowest BCUT2D eigenvalue weighted by Crippen LogP contribution is -2.33. The molecule has 19 heavy (non-hydrogen) atoms. The van der Waals surface area contributed by atoms with Crippen molar-refractivity contribution >= 4 is 5.91 Å². The van der Waals surface area contributed by atoms with Gasteiger partial charge in [0.1, 0.15) is 5.82 Å². The van der Waals surface area contributed by atoms with Crippen molar-refractivity contribution in [2.24, 2.45) is 11.3 Å². The van der Waals surface area contributed by atoms with E-state index in [2.05, 4.69) is 5.32 Å². The Morgan fingerprint density at radius 2 is 2.16 bits per heavy atom. The first-order valence-electron chi connectivity index (χ1n) is 6.78. The first-order chi connectivity index (χ1) is 9.15. The van der Waals surface area contributed by atoms with Crippen molar-refractivity contribution in [1.82, 2.24) is 5.32 Å². The lowest BCUT2D eigenvalue weighted by molar-refractivity contribution is -0.122. The van der Waals surface area contributed by atoms with Crippen molar-refractivity contribution in [2.45, 2.75) is 25.2 Å². The minimum atomic E-state index is -0.225. The molecule has 0 heterocycles. The van der Waals surface area contributed by atoms with E-state index in [-0.39, 0.29) is 35.6 Å². The van der Waals surface area contributed by atoms with Gasteiger partial charge in [-0.05, 0) is 36.8 Å². The van der Waals surface area contributed by atoms with Crippen LogP contribution in [-0.2, 0) is 4.79 Å². The van der Waals surface area contributed by atoms with Crippen LogP contribution in [0.5, 0.6) is 0 Å². The lowest BCUT2D eigenvalue weighted by Gasteiger charge is -2.12. The molecule has 0 saturated heterocycles. The summed E-state index contributed by atoms with van der Waals surface area (Å²) in [5.74, 6) is -0.318. The van der Waals surface area contributed by atoms with E-state index in [1.807, 2.05) is 0 Å². The van der Waals surface area contributed by atoms with E-state index in [9.17, 15) is 14.3 Å². The molecule has 2 aliphatic rings. The van der Waals surface area contributed by atoms with E-state index in [0.29, 0.717) is 12.1 Å². The Bertz CT molecular complexity index is 499. The summed E-state index contributed by atoms with van der Waals surface area (Å²) in [5, 5.41) is 12.1. The summed E-state index contributed by atoms with van der Waals surface area (Å²) in [5.41, 5.74) is 0.573. The number of carbonyl (C=O) groups excluding carboxylic acids is 1. The Hall–Kier alpha value is -1.42. The maximum absolute atomic E-state index is 13.6. The van der Waals surface area contributed by atoms with E-state index in [1.54, 1.807) is 18.2 Å². The fourth-order valence-electron chi connectivity index (χ4n) is 2.58. The van der Waals surface area contributed by atoms with Crippen molar-refractivity contribution in [2.75, 3.05) is 13.2 Å². The van der Waals surface area contributed by atoms with Crippen molar-refractivity contribution < 1.29 is 14.3 Å². The monoisotopic (exact) mass is 263 g/mol. The third-order valence-electron chi connectivity index (χ3n) is 4.36. The average molecular weight is 263 g/mol. The summed E-state index contributed by atoms with van der Waals surface area (Å²) in [6, 6.07) is 6.65. The molecule has 1 amide bonds. The number of rotatable bonds is 5. The number of nitrogens with one attached hydrogen (secondary N) is 1. The molecule has 0 bridgehead atoms. The van der Waals surface area contributed by atoms with Crippen LogP contribution in [0.25, 0.3) is 0 Å². The molecular formula is C15H18FNO2. The zero-order valence-electron chi connectivity index (χ0n) is 10.7. The van der Waals surface area contributed by atoms with Gasteiger partial charge >= 0.3 is 0 Å². The Morgan fingerprint density at radius 1 is 1.42 bits per heavy atom. The highest BCUT2D eigenvalue weighted by molar-refractivity contribution is 5.83. The summed E-state index contributed by atoms with van der Waals surface area (Å²) in [6.45, 7) is 0.678. The third kappa shape index (κ3) is 2.50. The van der Waals surface area contributed by atoms with Crippen LogP contribution in [0, 0.1) is 17.2 Å². The molecule has 2 saturated carbocycles. The number of aliphatic hydroxyl groups excluding tert-OH is 1. The fourth-order valence-corrected chi connectivity index (χ4v) is 2.58. The molecule has 3 nitrogen and oxygen atoms in total. The number of aliphatic hydroxyl groups is 1. The van der Waals surface area contributed by atoms with Gasteiger partial charge in [0.05, 0.1) is 6.61 Å². The molecule has 0 aliphatic heterocycles. The number of halogens is 1. The molecule has 3 rings (SSSR count). The van der Waals surface area contributed by atoms with E-state index < -0.39 is 0 Å². The van der Waals surface area contributed by atoms with Crippen LogP contribution < -0.4 is 5.32 Å². The molecule has 102 valence electrons. The SMILES string of the molecule is O=C(NCC1(CO)CC1)C1CC1c1ccccc1F. The van der Waals surface area contributed by atoms with E-state index in [0.717, 1.165) is 19.3 Å². The average Bonchev–Trinajstić information content (AvgIpc) is 3.31. The molecule has 0 radical (unpaired) electrons. The second-order valence-corrected chi connectivity index (χ2v) is 5.85. The first kappa shape index (κ1) is 12.6. The number of hydrogen-bond donors (Lipinski definition) is 2. The van der Waals surface area contributed by atoms with Gasteiger partial charge in [0.2, 0.25) is 5.91 Å². The molecule has 2 fully saturated rings. The van der Waals surface area contributed by atoms with Crippen LogP contribution in [0.15, 0.2) is 24.3 Å². The summed E-state index contributed by atoms with van der Waals surface area (Å²) >= 11 is 0. The van der Waals surface area contributed by atoms with Gasteiger partial charge in [0.15, 0.2) is 0 Å². The zero-order chi connectivity index (χ0) is 13.5. The number of benzene rings is 1. The highest BCUT2D eigenvalue weighted by Crippen LogP contribution is 2.49. The minimum Gasteiger partial charge on any atom is -0.396 e. The summed E-state index contributed by atoms with van der Waals surface area (Å²) in [6.07, 6.45) is 2.68. The van der Waals surface area contributed by atoms with E-state index >= 15 is 0 Å². The van der Waals surface area contributed by atoms with Crippen LogP contribution in [0.3, 0.4) is 0 Å². The quantitative estimate of drug-likeness (QED) is 0.851. The predicted molar refractivity (Wildman–Crippen MR) is 69.0 cm³/mol. The summed E-state index contributed by atoms with van der Waals surface area (Å²) in [4.78, 5) is 12.0. The molecular weight excluding hydrogens is 245 g/mol. The molecule has 2 atom stereocenters. The van der Waals surface area contributed by atoms with Crippen LogP contribution in [0.1, 0.15) is 30.7 Å². The molecule has 0 aromatic heterocycles. The van der Waals surface area contributed by atoms with Gasteiger partial charge in [0.25, 0.3) is 0 Å². The topological polar surface area (TPSA) is 49.3 Å². The third-order valence-corrected chi connectivity index (χ3v) is 4.36. The van der Waals surface area contributed by atoms with Crippen LogP contribution in [-0.4, -0.2) is 24.2 Å². The van der Waals surface area contributed by atoms with Crippen LogP contribution in [0.4, 0.5) is 4.39 Å². The van der Waals surface area contributed by atoms with Gasteiger partial charge in [-0.25, -0.2) is 4.39 Å². The molecule has 1 aromatic rings. The van der Waals surface area contributed by atoms with Crippen molar-refractivity contribution in [3.8, 4) is 0 Å². The van der Waals surface area contributed by atoms with E-state index in [1.165, 1.54) is 6.07 Å². The summed E-state index contributed by atoms with van der Waals surface area (Å²) < 4.78 is 13.6. The predicted octanol–water partition coefficient (Wildman–Crippen LogP) is 1.82. The van der Waals surface area contributed by atoms with Gasteiger partial charge in [0, 0.05) is 17.9 Å². The van der Waals surface area contributed by atoms with Gasteiger partial charge in [-0.3, -0.25) is 4.79 Å². The Morgan fingerprint density at radius 3 is 2.79 bits per heavy atom. The normalized spacial score (nSPS) is 26.8. The highest BCUT2D eigenvalue weighted by atomic mass is 19.1. The van der Waals surface area contributed by atoms with Crippen LogP contribution >= 0.6 is 0 Å². The molecule has 1 aromatic carbocycles. The Labute approximate surface area is 111 Å². The number of hydrogen-bond acceptors (Lipinski definition) is 2. The van der Waals surface area contributed by atoms with Gasteiger partial charge < -0.3 is 10.4 Å². The Kier molecular flexibility index (Phi) is 3.05. The van der Waals surface area contributed by atoms with Crippen molar-refractivity contribution in [1.29, 1.82) is 0 Å². The molecule has 0 spiro atoms. The first-order valence-corrected chi connectivity index (χ1v) is 6.78. The highest BCUT2D eigenvalue weighted by Gasteiger charge is 2.47. The zero-order valence-corrected chi connectivity index (χ0v) is 10.7. The molecule has 2 aliphatic carbocycles. The fraction of sp³-hybridized carbons (Fsp3) is 0.533.